The molecule has 0 aliphatic heterocycles. The van der Waals surface area contributed by atoms with Gasteiger partial charge in [-0.1, -0.05) is 29.8 Å². The standard InChI is InChI=1S/C18H18ClNO2/c1-13-3-8-17(11-14(13)2)20-18(21)9-10-22-12-15-4-6-16(19)7-5-15/h3-11H,12H2,1-2H3,(H,20,21). The van der Waals surface area contributed by atoms with Gasteiger partial charge >= 0.3 is 0 Å². The molecule has 0 aliphatic carbocycles. The molecule has 0 bridgehead atoms. The van der Waals surface area contributed by atoms with Crippen molar-refractivity contribution in [3.8, 4) is 0 Å². The molecule has 2 rings (SSSR count). The van der Waals surface area contributed by atoms with E-state index in [0.29, 0.717) is 11.6 Å². The second-order valence-corrected chi connectivity index (χ2v) is 5.46. The lowest BCUT2D eigenvalue weighted by Gasteiger charge is -2.05. The predicted molar refractivity (Wildman–Crippen MR) is 89.9 cm³/mol. The maximum absolute atomic E-state index is 11.8. The highest BCUT2D eigenvalue weighted by molar-refractivity contribution is 6.30. The van der Waals surface area contributed by atoms with Crippen LogP contribution < -0.4 is 5.32 Å². The van der Waals surface area contributed by atoms with Crippen LogP contribution in [0.5, 0.6) is 0 Å². The Morgan fingerprint density at radius 2 is 1.86 bits per heavy atom. The lowest BCUT2D eigenvalue weighted by molar-refractivity contribution is -0.112. The monoisotopic (exact) mass is 315 g/mol. The van der Waals surface area contributed by atoms with Crippen molar-refractivity contribution in [3.05, 3.63) is 76.5 Å². The number of benzene rings is 2. The van der Waals surface area contributed by atoms with Crippen LogP contribution in [0, 0.1) is 13.8 Å². The summed E-state index contributed by atoms with van der Waals surface area (Å²) >= 11 is 5.80. The van der Waals surface area contributed by atoms with E-state index in [1.54, 1.807) is 12.1 Å². The summed E-state index contributed by atoms with van der Waals surface area (Å²) in [5, 5.41) is 3.48. The summed E-state index contributed by atoms with van der Waals surface area (Å²) in [6.07, 6.45) is 2.76. The number of amides is 1. The van der Waals surface area contributed by atoms with Crippen molar-refractivity contribution in [2.45, 2.75) is 20.5 Å². The molecular formula is C18H18ClNO2. The van der Waals surface area contributed by atoms with E-state index < -0.39 is 0 Å². The van der Waals surface area contributed by atoms with E-state index in [1.165, 1.54) is 17.9 Å². The Kier molecular flexibility index (Phi) is 5.61. The number of anilines is 1. The Labute approximate surface area is 135 Å². The lowest BCUT2D eigenvalue weighted by atomic mass is 10.1. The molecule has 0 atom stereocenters. The Balaban J connectivity index is 1.81. The Morgan fingerprint density at radius 1 is 1.14 bits per heavy atom. The number of carbonyl (C=O) groups excluding carboxylic acids is 1. The highest BCUT2D eigenvalue weighted by atomic mass is 35.5. The van der Waals surface area contributed by atoms with Crippen LogP contribution in [-0.2, 0) is 16.1 Å². The molecule has 114 valence electrons. The van der Waals surface area contributed by atoms with Crippen LogP contribution in [0.25, 0.3) is 0 Å². The molecule has 3 nitrogen and oxygen atoms in total. The largest absolute Gasteiger partial charge is 0.496 e. The minimum Gasteiger partial charge on any atom is -0.496 e. The molecule has 0 unspecified atom stereocenters. The van der Waals surface area contributed by atoms with Gasteiger partial charge in [0.2, 0.25) is 0 Å². The number of carbonyl (C=O) groups is 1. The Bertz CT molecular complexity index is 678. The zero-order valence-electron chi connectivity index (χ0n) is 12.6. The van der Waals surface area contributed by atoms with Crippen molar-refractivity contribution in [1.82, 2.24) is 0 Å². The SMILES string of the molecule is Cc1ccc(NC(=O)C=COCc2ccc(Cl)cc2)cc1C. The first-order chi connectivity index (χ1) is 10.5. The van der Waals surface area contributed by atoms with Crippen molar-refractivity contribution in [3.63, 3.8) is 0 Å². The molecule has 0 heterocycles. The van der Waals surface area contributed by atoms with Crippen LogP contribution in [0.1, 0.15) is 16.7 Å². The second kappa shape index (κ2) is 7.66. The van der Waals surface area contributed by atoms with Gasteiger partial charge in [-0.15, -0.1) is 0 Å². The molecule has 22 heavy (non-hydrogen) atoms. The molecular weight excluding hydrogens is 298 g/mol. The molecule has 4 heteroatoms. The summed E-state index contributed by atoms with van der Waals surface area (Å²) in [5.74, 6) is -0.223. The zero-order valence-corrected chi connectivity index (χ0v) is 13.4. The van der Waals surface area contributed by atoms with Crippen LogP contribution in [-0.4, -0.2) is 5.91 Å². The number of aryl methyl sites for hydroxylation is 2. The second-order valence-electron chi connectivity index (χ2n) is 5.03. The predicted octanol–water partition coefficient (Wildman–Crippen LogP) is 4.63. The average Bonchev–Trinajstić information content (AvgIpc) is 2.49. The number of ether oxygens (including phenoxy) is 1. The van der Waals surface area contributed by atoms with Crippen LogP contribution in [0.4, 0.5) is 5.69 Å². The summed E-state index contributed by atoms with van der Waals surface area (Å²) in [6, 6.07) is 13.2. The summed E-state index contributed by atoms with van der Waals surface area (Å²) in [6.45, 7) is 4.44. The molecule has 0 spiro atoms. The van der Waals surface area contributed by atoms with Crippen LogP contribution in [0.15, 0.2) is 54.8 Å². The molecule has 2 aromatic rings. The average molecular weight is 316 g/mol. The molecule has 1 N–H and O–H groups in total. The van der Waals surface area contributed by atoms with Crippen LogP contribution in [0.2, 0.25) is 5.02 Å². The van der Waals surface area contributed by atoms with E-state index in [2.05, 4.69) is 5.32 Å². The zero-order chi connectivity index (χ0) is 15.9. The highest BCUT2D eigenvalue weighted by Gasteiger charge is 2.00. The normalized spacial score (nSPS) is 10.7. The summed E-state index contributed by atoms with van der Waals surface area (Å²) < 4.78 is 5.33. The minimum atomic E-state index is -0.223. The van der Waals surface area contributed by atoms with Gasteiger partial charge in [0.05, 0.1) is 6.26 Å². The Morgan fingerprint density at radius 3 is 2.55 bits per heavy atom. The van der Waals surface area contributed by atoms with Crippen molar-refractivity contribution >= 4 is 23.2 Å². The first-order valence-corrected chi connectivity index (χ1v) is 7.33. The fraction of sp³-hybridized carbons (Fsp3) is 0.167. The van der Waals surface area contributed by atoms with Gasteiger partial charge in [-0.2, -0.15) is 0 Å². The fourth-order valence-electron chi connectivity index (χ4n) is 1.84. The number of hydrogen-bond acceptors (Lipinski definition) is 2. The maximum Gasteiger partial charge on any atom is 0.251 e. The number of nitrogens with one attached hydrogen (secondary N) is 1. The van der Waals surface area contributed by atoms with Crippen LogP contribution >= 0.6 is 11.6 Å². The first-order valence-electron chi connectivity index (χ1n) is 6.95. The van der Waals surface area contributed by atoms with Gasteiger partial charge in [-0.05, 0) is 54.8 Å². The molecule has 0 aromatic heterocycles. The summed E-state index contributed by atoms with van der Waals surface area (Å²) in [4.78, 5) is 11.8. The van der Waals surface area contributed by atoms with Crippen molar-refractivity contribution in [2.24, 2.45) is 0 Å². The van der Waals surface area contributed by atoms with E-state index in [4.69, 9.17) is 16.3 Å². The molecule has 0 radical (unpaired) electrons. The smallest absolute Gasteiger partial charge is 0.251 e. The van der Waals surface area contributed by atoms with E-state index in [9.17, 15) is 4.79 Å². The first kappa shape index (κ1) is 16.1. The number of halogens is 1. The van der Waals surface area contributed by atoms with Gasteiger partial charge in [-0.3, -0.25) is 4.79 Å². The molecule has 0 saturated carbocycles. The maximum atomic E-state index is 11.8. The van der Waals surface area contributed by atoms with Gasteiger partial charge in [0.15, 0.2) is 0 Å². The fourth-order valence-corrected chi connectivity index (χ4v) is 1.96. The van der Waals surface area contributed by atoms with Gasteiger partial charge in [-0.25, -0.2) is 0 Å². The third-order valence-corrected chi connectivity index (χ3v) is 3.51. The van der Waals surface area contributed by atoms with Crippen LogP contribution in [0.3, 0.4) is 0 Å². The van der Waals surface area contributed by atoms with Crippen molar-refractivity contribution in [1.29, 1.82) is 0 Å². The van der Waals surface area contributed by atoms with Gasteiger partial charge in [0.25, 0.3) is 5.91 Å². The van der Waals surface area contributed by atoms with Gasteiger partial charge < -0.3 is 10.1 Å². The van der Waals surface area contributed by atoms with E-state index in [0.717, 1.165) is 16.8 Å². The van der Waals surface area contributed by atoms with E-state index in [-0.39, 0.29) is 5.91 Å². The van der Waals surface area contributed by atoms with E-state index in [1.807, 2.05) is 44.2 Å². The highest BCUT2D eigenvalue weighted by Crippen LogP contribution is 2.14. The third-order valence-electron chi connectivity index (χ3n) is 3.25. The summed E-state index contributed by atoms with van der Waals surface area (Å²) in [7, 11) is 0. The minimum absolute atomic E-state index is 0.223. The third kappa shape index (κ3) is 4.93. The molecule has 2 aromatic carbocycles. The molecule has 1 amide bonds. The number of rotatable bonds is 5. The molecule has 0 aliphatic rings. The van der Waals surface area contributed by atoms with Crippen molar-refractivity contribution < 1.29 is 9.53 Å². The van der Waals surface area contributed by atoms with Crippen molar-refractivity contribution in [2.75, 3.05) is 5.32 Å². The topological polar surface area (TPSA) is 38.3 Å². The number of hydrogen-bond donors (Lipinski definition) is 1. The lowest BCUT2D eigenvalue weighted by Crippen LogP contribution is -2.08. The Hall–Kier alpha value is -2.26. The molecule has 0 saturated heterocycles. The quantitative estimate of drug-likeness (QED) is 0.645. The summed E-state index contributed by atoms with van der Waals surface area (Å²) in [5.41, 5.74) is 4.10. The van der Waals surface area contributed by atoms with Gasteiger partial charge in [0, 0.05) is 16.8 Å². The molecule has 0 fully saturated rings. The van der Waals surface area contributed by atoms with E-state index >= 15 is 0 Å². The van der Waals surface area contributed by atoms with Gasteiger partial charge in [0.1, 0.15) is 6.61 Å².